The number of methoxy groups -OCH3 is 1. The van der Waals surface area contributed by atoms with Gasteiger partial charge in [-0.2, -0.15) is 0 Å². The number of ketones is 1. The van der Waals surface area contributed by atoms with Gasteiger partial charge >= 0.3 is 0 Å². The Hall–Kier alpha value is -1.55. The fourth-order valence-electron chi connectivity index (χ4n) is 3.35. The van der Waals surface area contributed by atoms with Crippen LogP contribution in [0.3, 0.4) is 0 Å². The highest BCUT2D eigenvalue weighted by atomic mass is 16.5. The lowest BCUT2D eigenvalue weighted by atomic mass is 9.81. The van der Waals surface area contributed by atoms with Crippen molar-refractivity contribution in [3.05, 3.63) is 23.8 Å². The van der Waals surface area contributed by atoms with Crippen LogP contribution < -0.4 is 9.47 Å². The summed E-state index contributed by atoms with van der Waals surface area (Å²) in [5, 5.41) is 0. The first-order valence-electron chi connectivity index (χ1n) is 7.67. The molecule has 1 aromatic carbocycles. The molecule has 1 spiro atoms. The third-order valence-corrected chi connectivity index (χ3v) is 4.42. The standard InChI is InChI=1S/C17H22O4/c1-3-4-13-10-17(7-8-20-13)11-15(18)14-6-5-12(19-2)9-16(14)21-17/h5-6,9,13H,3-4,7-8,10-11H2,1-2H3. The Labute approximate surface area is 125 Å². The minimum Gasteiger partial charge on any atom is -0.497 e. The van der Waals surface area contributed by atoms with Crippen LogP contribution in [0.2, 0.25) is 0 Å². The van der Waals surface area contributed by atoms with E-state index in [0.717, 1.165) is 31.4 Å². The van der Waals surface area contributed by atoms with Crippen LogP contribution in [0.15, 0.2) is 18.2 Å². The van der Waals surface area contributed by atoms with E-state index in [1.807, 2.05) is 12.1 Å². The zero-order valence-electron chi connectivity index (χ0n) is 12.7. The van der Waals surface area contributed by atoms with E-state index in [1.54, 1.807) is 13.2 Å². The number of fused-ring (bicyclic) bond motifs is 1. The molecule has 2 heterocycles. The Bertz CT molecular complexity index is 538. The second-order valence-corrected chi connectivity index (χ2v) is 5.98. The fraction of sp³-hybridized carbons (Fsp3) is 0.588. The van der Waals surface area contributed by atoms with E-state index in [-0.39, 0.29) is 11.9 Å². The van der Waals surface area contributed by atoms with E-state index in [1.165, 1.54) is 0 Å². The maximum absolute atomic E-state index is 12.5. The van der Waals surface area contributed by atoms with Crippen molar-refractivity contribution in [2.45, 2.75) is 50.7 Å². The van der Waals surface area contributed by atoms with Gasteiger partial charge in [-0.1, -0.05) is 13.3 Å². The number of rotatable bonds is 3. The smallest absolute Gasteiger partial charge is 0.170 e. The Balaban J connectivity index is 1.87. The summed E-state index contributed by atoms with van der Waals surface area (Å²) >= 11 is 0. The molecule has 0 radical (unpaired) electrons. The van der Waals surface area contributed by atoms with Gasteiger partial charge in [0.05, 0.1) is 31.8 Å². The number of Topliss-reactive ketones (excluding diaryl/α,β-unsaturated/α-hetero) is 1. The van der Waals surface area contributed by atoms with Crippen LogP contribution in [0.25, 0.3) is 0 Å². The molecule has 0 N–H and O–H groups in total. The monoisotopic (exact) mass is 290 g/mol. The maximum atomic E-state index is 12.5. The molecule has 2 atom stereocenters. The molecule has 2 aliphatic heterocycles. The van der Waals surface area contributed by atoms with Crippen molar-refractivity contribution in [3.63, 3.8) is 0 Å². The molecule has 0 amide bonds. The summed E-state index contributed by atoms with van der Waals surface area (Å²) in [5.74, 6) is 1.54. The molecule has 2 unspecified atom stereocenters. The van der Waals surface area contributed by atoms with Gasteiger partial charge in [0.15, 0.2) is 5.78 Å². The molecule has 4 nitrogen and oxygen atoms in total. The first-order valence-corrected chi connectivity index (χ1v) is 7.67. The van der Waals surface area contributed by atoms with Crippen LogP contribution in [0.5, 0.6) is 11.5 Å². The van der Waals surface area contributed by atoms with Crippen LogP contribution in [0, 0.1) is 0 Å². The van der Waals surface area contributed by atoms with Gasteiger partial charge in [0.1, 0.15) is 17.1 Å². The number of carbonyl (C=O) groups is 1. The molecule has 4 heteroatoms. The number of benzene rings is 1. The van der Waals surface area contributed by atoms with E-state index in [9.17, 15) is 4.79 Å². The highest BCUT2D eigenvalue weighted by Crippen LogP contribution is 2.42. The van der Waals surface area contributed by atoms with Crippen molar-refractivity contribution in [2.24, 2.45) is 0 Å². The Morgan fingerprint density at radius 1 is 1.43 bits per heavy atom. The summed E-state index contributed by atoms with van der Waals surface area (Å²) in [4.78, 5) is 12.5. The van der Waals surface area contributed by atoms with E-state index in [4.69, 9.17) is 14.2 Å². The average molecular weight is 290 g/mol. The Morgan fingerprint density at radius 2 is 2.29 bits per heavy atom. The Kier molecular flexibility index (Phi) is 3.89. The van der Waals surface area contributed by atoms with Crippen LogP contribution in [-0.4, -0.2) is 31.2 Å². The fourth-order valence-corrected chi connectivity index (χ4v) is 3.35. The van der Waals surface area contributed by atoms with Gasteiger partial charge < -0.3 is 14.2 Å². The summed E-state index contributed by atoms with van der Waals surface area (Å²) in [6.07, 6.45) is 4.32. The average Bonchev–Trinajstić information content (AvgIpc) is 2.47. The summed E-state index contributed by atoms with van der Waals surface area (Å²) in [5.41, 5.74) is 0.272. The molecule has 0 aromatic heterocycles. The normalized spacial score (nSPS) is 28.1. The van der Waals surface area contributed by atoms with Gasteiger partial charge in [-0.3, -0.25) is 4.79 Å². The van der Waals surface area contributed by atoms with Crippen molar-refractivity contribution < 1.29 is 19.0 Å². The maximum Gasteiger partial charge on any atom is 0.170 e. The quantitative estimate of drug-likeness (QED) is 0.856. The van der Waals surface area contributed by atoms with E-state index >= 15 is 0 Å². The zero-order valence-corrected chi connectivity index (χ0v) is 12.7. The van der Waals surface area contributed by atoms with Crippen molar-refractivity contribution in [2.75, 3.05) is 13.7 Å². The third kappa shape index (κ3) is 2.77. The SMILES string of the molecule is CCCC1CC2(CCO1)CC(=O)c1ccc(OC)cc1O2. The van der Waals surface area contributed by atoms with Crippen LogP contribution in [-0.2, 0) is 4.74 Å². The molecule has 0 bridgehead atoms. The number of hydrogen-bond donors (Lipinski definition) is 0. The van der Waals surface area contributed by atoms with Crippen LogP contribution in [0.4, 0.5) is 0 Å². The molecular weight excluding hydrogens is 268 g/mol. The number of ether oxygens (including phenoxy) is 3. The van der Waals surface area contributed by atoms with E-state index < -0.39 is 5.60 Å². The lowest BCUT2D eigenvalue weighted by molar-refractivity contribution is -0.0938. The van der Waals surface area contributed by atoms with Gasteiger partial charge in [-0.15, -0.1) is 0 Å². The van der Waals surface area contributed by atoms with Gasteiger partial charge in [-0.05, 0) is 18.6 Å². The second-order valence-electron chi connectivity index (χ2n) is 5.98. The van der Waals surface area contributed by atoms with Gasteiger partial charge in [0, 0.05) is 18.9 Å². The molecule has 1 saturated heterocycles. The number of hydrogen-bond acceptors (Lipinski definition) is 4. The molecule has 0 aliphatic carbocycles. The topological polar surface area (TPSA) is 44.8 Å². The Morgan fingerprint density at radius 3 is 3.05 bits per heavy atom. The third-order valence-electron chi connectivity index (χ3n) is 4.42. The molecular formula is C17H22O4. The molecule has 0 saturated carbocycles. The summed E-state index contributed by atoms with van der Waals surface area (Å²) in [6, 6.07) is 5.42. The van der Waals surface area contributed by atoms with E-state index in [2.05, 4.69) is 6.92 Å². The first-order chi connectivity index (χ1) is 10.2. The van der Waals surface area contributed by atoms with Crippen molar-refractivity contribution >= 4 is 5.78 Å². The molecule has 1 aromatic rings. The molecule has 21 heavy (non-hydrogen) atoms. The lowest BCUT2D eigenvalue weighted by Gasteiger charge is -2.43. The van der Waals surface area contributed by atoms with Crippen LogP contribution in [0.1, 0.15) is 49.4 Å². The van der Waals surface area contributed by atoms with E-state index in [0.29, 0.717) is 24.3 Å². The minimum absolute atomic E-state index is 0.163. The highest BCUT2D eigenvalue weighted by Gasteiger charge is 2.44. The largest absolute Gasteiger partial charge is 0.497 e. The lowest BCUT2D eigenvalue weighted by Crippen LogP contribution is -2.49. The van der Waals surface area contributed by atoms with Gasteiger partial charge in [0.25, 0.3) is 0 Å². The number of carbonyl (C=O) groups excluding carboxylic acids is 1. The predicted molar refractivity (Wildman–Crippen MR) is 79.2 cm³/mol. The zero-order chi connectivity index (χ0) is 14.9. The van der Waals surface area contributed by atoms with Crippen molar-refractivity contribution in [1.29, 1.82) is 0 Å². The molecule has 2 aliphatic rings. The van der Waals surface area contributed by atoms with Crippen LogP contribution >= 0.6 is 0 Å². The van der Waals surface area contributed by atoms with Gasteiger partial charge in [0.2, 0.25) is 0 Å². The summed E-state index contributed by atoms with van der Waals surface area (Å²) in [7, 11) is 1.62. The second kappa shape index (κ2) is 5.68. The molecule has 3 rings (SSSR count). The summed E-state index contributed by atoms with van der Waals surface area (Å²) in [6.45, 7) is 2.81. The highest BCUT2D eigenvalue weighted by molar-refractivity contribution is 6.00. The van der Waals surface area contributed by atoms with Crippen molar-refractivity contribution in [3.8, 4) is 11.5 Å². The van der Waals surface area contributed by atoms with Gasteiger partial charge in [-0.25, -0.2) is 0 Å². The molecule has 114 valence electrons. The first kappa shape index (κ1) is 14.4. The predicted octanol–water partition coefficient (Wildman–Crippen LogP) is 3.38. The molecule has 1 fully saturated rings. The minimum atomic E-state index is -0.394. The summed E-state index contributed by atoms with van der Waals surface area (Å²) < 4.78 is 17.3. The van der Waals surface area contributed by atoms with Crippen molar-refractivity contribution in [1.82, 2.24) is 0 Å².